The molecule has 0 fully saturated rings. The molecule has 0 bridgehead atoms. The molecule has 0 saturated heterocycles. The number of hydrogen-bond donors (Lipinski definition) is 1. The highest BCUT2D eigenvalue weighted by Gasteiger charge is 2.23. The fourth-order valence-corrected chi connectivity index (χ4v) is 4.34. The third-order valence-corrected chi connectivity index (χ3v) is 6.27. The molecule has 184 valence electrons. The van der Waals surface area contributed by atoms with E-state index in [1.54, 1.807) is 13.2 Å². The van der Waals surface area contributed by atoms with Crippen molar-refractivity contribution in [1.82, 2.24) is 5.32 Å². The summed E-state index contributed by atoms with van der Waals surface area (Å²) in [7, 11) is 1.67. The van der Waals surface area contributed by atoms with Gasteiger partial charge in [-0.2, -0.15) is 0 Å². The van der Waals surface area contributed by atoms with Crippen molar-refractivity contribution in [3.8, 4) is 11.1 Å². The first-order valence-corrected chi connectivity index (χ1v) is 12.3. The van der Waals surface area contributed by atoms with Crippen molar-refractivity contribution in [3.63, 3.8) is 0 Å². The molecule has 4 heteroatoms. The third kappa shape index (κ3) is 7.27. The van der Waals surface area contributed by atoms with Crippen LogP contribution in [0.4, 0.5) is 5.69 Å². The molecule has 2 atom stereocenters. The summed E-state index contributed by atoms with van der Waals surface area (Å²) in [5.74, 6) is -0.170. The Kier molecular flexibility index (Phi) is 9.02. The molecule has 1 amide bonds. The molecule has 0 radical (unpaired) electrons. The minimum atomic E-state index is -0.280. The maximum atomic E-state index is 13.4. The second kappa shape index (κ2) is 13.0. The highest BCUT2D eigenvalue weighted by molar-refractivity contribution is 5.95. The van der Waals surface area contributed by atoms with Crippen molar-refractivity contribution in [2.75, 3.05) is 13.7 Å². The zero-order valence-corrected chi connectivity index (χ0v) is 20.9. The lowest BCUT2D eigenvalue weighted by Gasteiger charge is -2.26. The summed E-state index contributed by atoms with van der Waals surface area (Å²) in [5, 5.41) is 3.23. The Morgan fingerprint density at radius 3 is 2.24 bits per heavy atom. The number of carbonyl (C=O) groups is 1. The van der Waals surface area contributed by atoms with Crippen LogP contribution in [0.25, 0.3) is 22.0 Å². The Balaban J connectivity index is 1.58. The lowest BCUT2D eigenvalue weighted by atomic mass is 9.91. The second-order valence-corrected chi connectivity index (χ2v) is 8.91. The number of methoxy groups -OCH3 is 1. The van der Waals surface area contributed by atoms with Gasteiger partial charge in [0.2, 0.25) is 0 Å². The number of nitrogens with zero attached hydrogens (tertiary/aromatic N) is 1. The van der Waals surface area contributed by atoms with E-state index in [9.17, 15) is 4.79 Å². The van der Waals surface area contributed by atoms with Crippen LogP contribution < -0.4 is 5.32 Å². The van der Waals surface area contributed by atoms with Crippen LogP contribution in [0, 0.1) is 12.5 Å². The lowest BCUT2D eigenvalue weighted by molar-refractivity contribution is 0.0902. The molecule has 0 heterocycles. The molecule has 0 aliphatic rings. The molecule has 4 aromatic carbocycles. The Morgan fingerprint density at radius 1 is 0.892 bits per heavy atom. The van der Waals surface area contributed by atoms with Crippen LogP contribution in [0.15, 0.2) is 115 Å². The van der Waals surface area contributed by atoms with Gasteiger partial charge in [-0.25, -0.2) is 4.85 Å². The fourth-order valence-electron chi connectivity index (χ4n) is 4.34. The standard InChI is InChI=1S/C33H30N2O2/c1-34-31-15-9-12-26(23-31)22-30(24-37-2)32(21-16-25-10-5-3-6-11-25)35-33(36)29-19-17-28(18-20-29)27-13-7-4-8-14-27/h3-21,23,30,32H,22,24H2,2H3,(H,35,36). The third-order valence-electron chi connectivity index (χ3n) is 6.27. The van der Waals surface area contributed by atoms with Crippen LogP contribution >= 0.6 is 0 Å². The number of carbonyl (C=O) groups excluding carboxylic acids is 1. The number of amides is 1. The Bertz CT molecular complexity index is 1360. The summed E-state index contributed by atoms with van der Waals surface area (Å²) in [4.78, 5) is 16.9. The van der Waals surface area contributed by atoms with Gasteiger partial charge in [-0.15, -0.1) is 0 Å². The highest BCUT2D eigenvalue weighted by atomic mass is 16.5. The molecular formula is C33H30N2O2. The minimum Gasteiger partial charge on any atom is -0.384 e. The summed E-state index contributed by atoms with van der Waals surface area (Å²) in [6.45, 7) is 7.80. The molecule has 0 aliphatic carbocycles. The van der Waals surface area contributed by atoms with E-state index in [2.05, 4.69) is 22.3 Å². The molecule has 1 N–H and O–H groups in total. The van der Waals surface area contributed by atoms with Crippen molar-refractivity contribution in [2.24, 2.45) is 5.92 Å². The fraction of sp³-hybridized carbons (Fsp3) is 0.152. The van der Waals surface area contributed by atoms with E-state index < -0.39 is 0 Å². The molecule has 0 aromatic heterocycles. The van der Waals surface area contributed by atoms with E-state index in [-0.39, 0.29) is 17.9 Å². The molecule has 4 rings (SSSR count). The van der Waals surface area contributed by atoms with E-state index in [0.717, 1.165) is 22.3 Å². The van der Waals surface area contributed by atoms with Gasteiger partial charge in [0.25, 0.3) is 5.91 Å². The monoisotopic (exact) mass is 486 g/mol. The van der Waals surface area contributed by atoms with Gasteiger partial charge in [0.1, 0.15) is 0 Å². The summed E-state index contributed by atoms with van der Waals surface area (Å²) in [6.07, 6.45) is 4.73. The summed E-state index contributed by atoms with van der Waals surface area (Å²) in [6, 6.07) is 35.1. The van der Waals surface area contributed by atoms with Crippen molar-refractivity contribution in [1.29, 1.82) is 0 Å². The van der Waals surface area contributed by atoms with Crippen LogP contribution in [0.5, 0.6) is 0 Å². The van der Waals surface area contributed by atoms with Gasteiger partial charge in [0, 0.05) is 18.6 Å². The topological polar surface area (TPSA) is 42.7 Å². The van der Waals surface area contributed by atoms with Crippen LogP contribution in [-0.2, 0) is 11.2 Å². The van der Waals surface area contributed by atoms with Gasteiger partial charge < -0.3 is 10.1 Å². The van der Waals surface area contributed by atoms with Crippen LogP contribution in [0.1, 0.15) is 21.5 Å². The first-order valence-electron chi connectivity index (χ1n) is 12.3. The number of rotatable bonds is 10. The van der Waals surface area contributed by atoms with E-state index in [4.69, 9.17) is 11.3 Å². The van der Waals surface area contributed by atoms with Crippen molar-refractivity contribution >= 4 is 17.7 Å². The summed E-state index contributed by atoms with van der Waals surface area (Å²) < 4.78 is 5.57. The average Bonchev–Trinajstić information content (AvgIpc) is 2.96. The van der Waals surface area contributed by atoms with E-state index in [1.165, 1.54) is 0 Å². The first-order chi connectivity index (χ1) is 18.2. The molecule has 37 heavy (non-hydrogen) atoms. The van der Waals surface area contributed by atoms with E-state index >= 15 is 0 Å². The highest BCUT2D eigenvalue weighted by Crippen LogP contribution is 2.22. The normalized spacial score (nSPS) is 12.5. The maximum absolute atomic E-state index is 13.4. The van der Waals surface area contributed by atoms with Crippen molar-refractivity contribution in [3.05, 3.63) is 143 Å². The summed E-state index contributed by atoms with van der Waals surface area (Å²) in [5.41, 5.74) is 5.47. The number of benzene rings is 4. The van der Waals surface area contributed by atoms with E-state index in [1.807, 2.05) is 103 Å². The molecule has 2 unspecified atom stereocenters. The molecule has 0 aliphatic heterocycles. The SMILES string of the molecule is [C-]#[N+]c1cccc(CC(COC)C(C=Cc2ccccc2)NC(=O)c2ccc(-c3ccccc3)cc2)c1. The quantitative estimate of drug-likeness (QED) is 0.240. The molecule has 0 spiro atoms. The van der Waals surface area contributed by atoms with Crippen LogP contribution in [0.2, 0.25) is 0 Å². The number of hydrogen-bond acceptors (Lipinski definition) is 2. The Labute approximate surface area is 219 Å². The largest absolute Gasteiger partial charge is 0.384 e. The van der Waals surface area contributed by atoms with Crippen molar-refractivity contribution in [2.45, 2.75) is 12.5 Å². The molecular weight excluding hydrogens is 456 g/mol. The Morgan fingerprint density at radius 2 is 1.57 bits per heavy atom. The second-order valence-electron chi connectivity index (χ2n) is 8.91. The van der Waals surface area contributed by atoms with Crippen molar-refractivity contribution < 1.29 is 9.53 Å². The van der Waals surface area contributed by atoms with Crippen LogP contribution in [0.3, 0.4) is 0 Å². The van der Waals surface area contributed by atoms with Gasteiger partial charge in [-0.05, 0) is 35.2 Å². The molecule has 4 nitrogen and oxygen atoms in total. The Hall–Kier alpha value is -4.46. The predicted octanol–water partition coefficient (Wildman–Crippen LogP) is 7.22. The zero-order valence-electron chi connectivity index (χ0n) is 20.9. The van der Waals surface area contributed by atoms with Gasteiger partial charge in [0.15, 0.2) is 5.69 Å². The van der Waals surface area contributed by atoms with E-state index in [0.29, 0.717) is 24.3 Å². The van der Waals surface area contributed by atoms with Gasteiger partial charge in [-0.1, -0.05) is 115 Å². The van der Waals surface area contributed by atoms with Gasteiger partial charge >= 0.3 is 0 Å². The lowest BCUT2D eigenvalue weighted by Crippen LogP contribution is -2.41. The van der Waals surface area contributed by atoms with Gasteiger partial charge in [0.05, 0.1) is 19.2 Å². The van der Waals surface area contributed by atoms with Gasteiger partial charge in [-0.3, -0.25) is 4.79 Å². The summed E-state index contributed by atoms with van der Waals surface area (Å²) >= 11 is 0. The number of ether oxygens (including phenoxy) is 1. The smallest absolute Gasteiger partial charge is 0.251 e. The maximum Gasteiger partial charge on any atom is 0.251 e. The minimum absolute atomic E-state index is 0.0292. The molecule has 4 aromatic rings. The molecule has 0 saturated carbocycles. The predicted molar refractivity (Wildman–Crippen MR) is 150 cm³/mol. The zero-order chi connectivity index (χ0) is 25.9. The first kappa shape index (κ1) is 25.6. The van der Waals surface area contributed by atoms with Crippen LogP contribution in [-0.4, -0.2) is 25.7 Å². The average molecular weight is 487 g/mol. The number of nitrogens with one attached hydrogen (secondary N) is 1.